The minimum atomic E-state index is 0.143. The van der Waals surface area contributed by atoms with E-state index in [2.05, 4.69) is 28.1 Å². The molecular weight excluding hydrogens is 368 g/mol. The van der Waals surface area contributed by atoms with Crippen LogP contribution < -0.4 is 9.88 Å². The molecule has 0 radical (unpaired) electrons. The Labute approximate surface area is 169 Å². The van der Waals surface area contributed by atoms with E-state index in [9.17, 15) is 4.79 Å². The molecule has 0 aliphatic carbocycles. The van der Waals surface area contributed by atoms with Gasteiger partial charge in [-0.25, -0.2) is 9.97 Å². The van der Waals surface area contributed by atoms with Crippen LogP contribution in [0, 0.1) is 0 Å². The van der Waals surface area contributed by atoms with E-state index in [-0.39, 0.29) is 5.91 Å². The highest BCUT2D eigenvalue weighted by atomic mass is 32.1. The van der Waals surface area contributed by atoms with Crippen molar-refractivity contribution >= 4 is 33.3 Å². The second-order valence-corrected chi connectivity index (χ2v) is 8.80. The third-order valence-corrected chi connectivity index (χ3v) is 7.05. The molecule has 2 fully saturated rings. The Bertz CT molecular complexity index is 962. The van der Waals surface area contributed by atoms with Crippen LogP contribution in [-0.2, 0) is 0 Å². The lowest BCUT2D eigenvalue weighted by atomic mass is 9.98. The number of rotatable bonds is 3. The average molecular weight is 394 g/mol. The maximum atomic E-state index is 13.4. The van der Waals surface area contributed by atoms with Crippen molar-refractivity contribution < 1.29 is 9.78 Å². The van der Waals surface area contributed by atoms with Crippen LogP contribution in [-0.4, -0.2) is 42.0 Å². The normalized spacial score (nSPS) is 20.1. The predicted molar refractivity (Wildman–Crippen MR) is 112 cm³/mol. The summed E-state index contributed by atoms with van der Waals surface area (Å²) in [5.41, 5.74) is 1.87. The summed E-state index contributed by atoms with van der Waals surface area (Å²) in [4.78, 5) is 25.9. The van der Waals surface area contributed by atoms with Crippen molar-refractivity contribution in [2.24, 2.45) is 0 Å². The highest BCUT2D eigenvalue weighted by Gasteiger charge is 2.32. The molecular formula is C22H25N4OS+. The zero-order valence-corrected chi connectivity index (χ0v) is 16.8. The van der Waals surface area contributed by atoms with Gasteiger partial charge in [0.2, 0.25) is 0 Å². The van der Waals surface area contributed by atoms with Gasteiger partial charge in [0.1, 0.15) is 5.56 Å². The minimum absolute atomic E-state index is 0.143. The summed E-state index contributed by atoms with van der Waals surface area (Å²) in [5.74, 6) is 1.45. The second kappa shape index (κ2) is 7.51. The third-order valence-electron chi connectivity index (χ3n) is 5.86. The molecule has 2 aromatic heterocycles. The fourth-order valence-corrected chi connectivity index (χ4v) is 5.49. The summed E-state index contributed by atoms with van der Waals surface area (Å²) in [6, 6.07) is 12.2. The average Bonchev–Trinajstić information content (AvgIpc) is 3.43. The van der Waals surface area contributed by atoms with Gasteiger partial charge in [-0.3, -0.25) is 9.69 Å². The van der Waals surface area contributed by atoms with Gasteiger partial charge in [0.05, 0.1) is 34.5 Å². The number of nitrogens with one attached hydrogen (secondary N) is 1. The molecule has 2 saturated heterocycles. The topological polar surface area (TPSA) is 50.6 Å². The van der Waals surface area contributed by atoms with Gasteiger partial charge in [-0.15, -0.1) is 11.3 Å². The molecule has 2 aliphatic heterocycles. The number of H-pyrrole nitrogens is 1. The largest absolute Gasteiger partial charge is 0.338 e. The zero-order chi connectivity index (χ0) is 18.9. The van der Waals surface area contributed by atoms with Crippen LogP contribution in [0.2, 0.25) is 0 Å². The molecule has 1 N–H and O–H groups in total. The summed E-state index contributed by atoms with van der Waals surface area (Å²) in [5, 5.41) is 1.16. The molecule has 144 valence electrons. The number of hydrogen-bond acceptors (Lipinski definition) is 4. The SMILES string of the molecule is O=C(c1ccc[nH+]c1N1CCCC1)N1CCC[C@@H](c2nc3ccccc3s2)C1. The van der Waals surface area contributed by atoms with Crippen molar-refractivity contribution in [3.8, 4) is 0 Å². The molecule has 5 nitrogen and oxygen atoms in total. The first kappa shape index (κ1) is 17.6. The first-order valence-corrected chi connectivity index (χ1v) is 11.0. The summed E-state index contributed by atoms with van der Waals surface area (Å²) >= 11 is 1.77. The molecule has 28 heavy (non-hydrogen) atoms. The molecule has 0 saturated carbocycles. The summed E-state index contributed by atoms with van der Waals surface area (Å²) in [6.45, 7) is 3.63. The minimum Gasteiger partial charge on any atom is -0.338 e. The number of nitrogens with zero attached hydrogens (tertiary/aromatic N) is 3. The van der Waals surface area contributed by atoms with Crippen molar-refractivity contribution in [3.05, 3.63) is 53.2 Å². The molecule has 6 heteroatoms. The first-order chi connectivity index (χ1) is 13.8. The predicted octanol–water partition coefficient (Wildman–Crippen LogP) is 3.73. The van der Waals surface area contributed by atoms with E-state index < -0.39 is 0 Å². The van der Waals surface area contributed by atoms with Gasteiger partial charge in [0.25, 0.3) is 11.7 Å². The van der Waals surface area contributed by atoms with Crippen LogP contribution in [0.3, 0.4) is 0 Å². The molecule has 1 atom stereocenters. The van der Waals surface area contributed by atoms with Gasteiger partial charge in [0, 0.05) is 19.0 Å². The van der Waals surface area contributed by atoms with Gasteiger partial charge in [-0.1, -0.05) is 12.1 Å². The quantitative estimate of drug-likeness (QED) is 0.681. The first-order valence-electron chi connectivity index (χ1n) is 10.2. The summed E-state index contributed by atoms with van der Waals surface area (Å²) in [7, 11) is 0. The van der Waals surface area contributed by atoms with E-state index >= 15 is 0 Å². The van der Waals surface area contributed by atoms with E-state index in [1.807, 2.05) is 29.3 Å². The number of pyridine rings is 1. The lowest BCUT2D eigenvalue weighted by Crippen LogP contribution is -2.40. The number of amides is 1. The van der Waals surface area contributed by atoms with Gasteiger partial charge >= 0.3 is 0 Å². The highest BCUT2D eigenvalue weighted by molar-refractivity contribution is 7.18. The Balaban J connectivity index is 1.38. The number of piperidine rings is 1. The monoisotopic (exact) mass is 393 g/mol. The van der Waals surface area contributed by atoms with Crippen LogP contribution in [0.5, 0.6) is 0 Å². The Hall–Kier alpha value is -2.47. The number of aromatic nitrogens is 2. The zero-order valence-electron chi connectivity index (χ0n) is 15.9. The fourth-order valence-electron chi connectivity index (χ4n) is 4.40. The number of para-hydroxylation sites is 1. The lowest BCUT2D eigenvalue weighted by molar-refractivity contribution is -0.364. The van der Waals surface area contributed by atoms with Gasteiger partial charge in [0.15, 0.2) is 0 Å². The van der Waals surface area contributed by atoms with Gasteiger partial charge in [-0.2, -0.15) is 0 Å². The molecule has 4 heterocycles. The Kier molecular flexibility index (Phi) is 4.72. The molecule has 5 rings (SSSR count). The van der Waals surface area contributed by atoms with E-state index in [4.69, 9.17) is 4.98 Å². The van der Waals surface area contributed by atoms with Crippen molar-refractivity contribution in [2.45, 2.75) is 31.6 Å². The van der Waals surface area contributed by atoms with Gasteiger partial charge in [-0.05, 0) is 49.9 Å². The second-order valence-electron chi connectivity index (χ2n) is 7.74. The van der Waals surface area contributed by atoms with Crippen LogP contribution in [0.25, 0.3) is 10.2 Å². The van der Waals surface area contributed by atoms with Crippen LogP contribution in [0.15, 0.2) is 42.6 Å². The van der Waals surface area contributed by atoms with E-state index in [0.717, 1.165) is 60.9 Å². The highest BCUT2D eigenvalue weighted by Crippen LogP contribution is 2.33. The third kappa shape index (κ3) is 3.26. The Morgan fingerprint density at radius 2 is 1.93 bits per heavy atom. The van der Waals surface area contributed by atoms with Gasteiger partial charge < -0.3 is 4.90 Å². The van der Waals surface area contributed by atoms with Crippen molar-refractivity contribution in [1.29, 1.82) is 0 Å². The van der Waals surface area contributed by atoms with E-state index in [1.54, 1.807) is 11.3 Å². The number of thiazole rings is 1. The number of carbonyl (C=O) groups is 1. The smallest absolute Gasteiger partial charge is 0.287 e. The maximum absolute atomic E-state index is 13.4. The maximum Gasteiger partial charge on any atom is 0.287 e. The van der Waals surface area contributed by atoms with Crippen LogP contribution in [0.4, 0.5) is 5.82 Å². The molecule has 0 bridgehead atoms. The van der Waals surface area contributed by atoms with Crippen molar-refractivity contribution in [1.82, 2.24) is 9.88 Å². The number of likely N-dealkylation sites (tertiary alicyclic amines) is 1. The summed E-state index contributed by atoms with van der Waals surface area (Å²) in [6.07, 6.45) is 6.44. The number of aromatic amines is 1. The molecule has 1 aromatic carbocycles. The van der Waals surface area contributed by atoms with Crippen molar-refractivity contribution in [3.63, 3.8) is 0 Å². The van der Waals surface area contributed by atoms with Crippen LogP contribution >= 0.6 is 11.3 Å². The molecule has 1 amide bonds. The lowest BCUT2D eigenvalue weighted by Gasteiger charge is -2.32. The van der Waals surface area contributed by atoms with Crippen molar-refractivity contribution in [2.75, 3.05) is 31.1 Å². The number of fused-ring (bicyclic) bond motifs is 1. The number of carbonyl (C=O) groups excluding carboxylic acids is 1. The molecule has 0 unspecified atom stereocenters. The van der Waals surface area contributed by atoms with Crippen LogP contribution in [0.1, 0.15) is 47.0 Å². The molecule has 0 spiro atoms. The Morgan fingerprint density at radius 3 is 2.79 bits per heavy atom. The molecule has 3 aromatic rings. The van der Waals surface area contributed by atoms with E-state index in [0.29, 0.717) is 5.92 Å². The summed E-state index contributed by atoms with van der Waals surface area (Å²) < 4.78 is 1.23. The number of hydrogen-bond donors (Lipinski definition) is 0. The Morgan fingerprint density at radius 1 is 1.07 bits per heavy atom. The number of benzene rings is 1. The molecule has 2 aliphatic rings. The van der Waals surface area contributed by atoms with E-state index in [1.165, 1.54) is 17.5 Å². The fraction of sp³-hybridized carbons (Fsp3) is 0.409. The number of anilines is 1. The standard InChI is InChI=1S/C22H24N4OS/c27-22(17-8-5-11-23-20(17)25-12-3-4-13-25)26-14-6-7-16(15-26)21-24-18-9-1-2-10-19(18)28-21/h1-2,5,8-11,16H,3-4,6-7,12-15H2/p+1/t16-/m1/s1.